The minimum absolute atomic E-state index is 0.186. The number of urea groups is 1. The van der Waals surface area contributed by atoms with E-state index >= 15 is 0 Å². The number of halogens is 2. The van der Waals surface area contributed by atoms with Gasteiger partial charge in [0.2, 0.25) is 0 Å². The Morgan fingerprint density at radius 2 is 2.24 bits per heavy atom. The number of nitrogens with one attached hydrogen (secondary N) is 1. The SMILES string of the molecule is O=C(O)C1CCCN(C(=O)NCc2cc(F)ccc2Br)C1. The molecule has 1 unspecified atom stereocenters. The summed E-state index contributed by atoms with van der Waals surface area (Å²) in [7, 11) is 0. The number of hydrogen-bond acceptors (Lipinski definition) is 2. The fourth-order valence-corrected chi connectivity index (χ4v) is 2.71. The lowest BCUT2D eigenvalue weighted by Crippen LogP contribution is -2.46. The molecule has 1 aliphatic heterocycles. The Bertz CT molecular complexity index is 553. The lowest BCUT2D eigenvalue weighted by atomic mass is 9.99. The van der Waals surface area contributed by atoms with E-state index in [9.17, 15) is 14.0 Å². The third kappa shape index (κ3) is 4.17. The summed E-state index contributed by atoms with van der Waals surface area (Å²) < 4.78 is 13.9. The summed E-state index contributed by atoms with van der Waals surface area (Å²) in [5, 5.41) is 11.7. The lowest BCUT2D eigenvalue weighted by Gasteiger charge is -2.30. The number of carbonyl (C=O) groups excluding carboxylic acids is 1. The van der Waals surface area contributed by atoms with E-state index in [1.807, 2.05) is 0 Å². The van der Waals surface area contributed by atoms with E-state index in [1.165, 1.54) is 17.0 Å². The minimum atomic E-state index is -0.875. The largest absolute Gasteiger partial charge is 0.481 e. The minimum Gasteiger partial charge on any atom is -0.481 e. The predicted molar refractivity (Wildman–Crippen MR) is 78.3 cm³/mol. The van der Waals surface area contributed by atoms with Crippen molar-refractivity contribution in [1.82, 2.24) is 10.2 Å². The Kier molecular flexibility index (Phi) is 5.17. The van der Waals surface area contributed by atoms with Gasteiger partial charge in [-0.3, -0.25) is 4.79 Å². The van der Waals surface area contributed by atoms with Gasteiger partial charge in [0, 0.05) is 24.1 Å². The zero-order chi connectivity index (χ0) is 15.4. The molecule has 0 aliphatic carbocycles. The van der Waals surface area contributed by atoms with Crippen molar-refractivity contribution in [2.75, 3.05) is 13.1 Å². The van der Waals surface area contributed by atoms with Crippen LogP contribution in [0, 0.1) is 11.7 Å². The van der Waals surface area contributed by atoms with Gasteiger partial charge in [0.25, 0.3) is 0 Å². The van der Waals surface area contributed by atoms with Gasteiger partial charge < -0.3 is 15.3 Å². The first-order chi connectivity index (χ1) is 9.97. The van der Waals surface area contributed by atoms with Gasteiger partial charge in [-0.15, -0.1) is 0 Å². The number of hydrogen-bond donors (Lipinski definition) is 2. The van der Waals surface area contributed by atoms with Crippen molar-refractivity contribution < 1.29 is 19.1 Å². The van der Waals surface area contributed by atoms with Gasteiger partial charge in [0.15, 0.2) is 0 Å². The van der Waals surface area contributed by atoms with Gasteiger partial charge in [-0.2, -0.15) is 0 Å². The molecule has 2 rings (SSSR count). The molecule has 21 heavy (non-hydrogen) atoms. The van der Waals surface area contributed by atoms with Crippen LogP contribution < -0.4 is 5.32 Å². The summed E-state index contributed by atoms with van der Waals surface area (Å²) in [5.74, 6) is -1.75. The molecule has 1 saturated heterocycles. The molecule has 114 valence electrons. The quantitative estimate of drug-likeness (QED) is 0.872. The van der Waals surface area contributed by atoms with Gasteiger partial charge in [-0.05, 0) is 36.6 Å². The number of aliphatic carboxylic acids is 1. The standard InChI is InChI=1S/C14H16BrFN2O3/c15-12-4-3-11(16)6-10(12)7-17-14(21)18-5-1-2-9(8-18)13(19)20/h3-4,6,9H,1-2,5,7-8H2,(H,17,21)(H,19,20). The molecular formula is C14H16BrFN2O3. The predicted octanol–water partition coefficient (Wildman–Crippen LogP) is 2.59. The smallest absolute Gasteiger partial charge is 0.317 e. The fourth-order valence-electron chi connectivity index (χ4n) is 2.32. The van der Waals surface area contributed by atoms with Crippen molar-refractivity contribution in [1.29, 1.82) is 0 Å². The molecule has 1 aromatic rings. The number of benzene rings is 1. The normalized spacial score (nSPS) is 18.4. The van der Waals surface area contributed by atoms with E-state index in [-0.39, 0.29) is 24.9 Å². The molecular weight excluding hydrogens is 343 g/mol. The van der Waals surface area contributed by atoms with Crippen LogP contribution in [0.2, 0.25) is 0 Å². The molecule has 1 atom stereocenters. The van der Waals surface area contributed by atoms with Crippen molar-refractivity contribution in [3.05, 3.63) is 34.1 Å². The molecule has 2 amide bonds. The van der Waals surface area contributed by atoms with Crippen LogP contribution in [0.1, 0.15) is 18.4 Å². The molecule has 0 aromatic heterocycles. The second-order valence-electron chi connectivity index (χ2n) is 5.02. The summed E-state index contributed by atoms with van der Waals surface area (Å²) in [6.07, 6.45) is 1.27. The van der Waals surface area contributed by atoms with Crippen LogP contribution in [0.25, 0.3) is 0 Å². The van der Waals surface area contributed by atoms with E-state index < -0.39 is 11.9 Å². The summed E-state index contributed by atoms with van der Waals surface area (Å²) in [5.41, 5.74) is 0.634. The molecule has 5 nitrogen and oxygen atoms in total. The highest BCUT2D eigenvalue weighted by atomic mass is 79.9. The maximum atomic E-state index is 13.2. The molecule has 1 aliphatic rings. The summed E-state index contributed by atoms with van der Waals surface area (Å²) in [6.45, 7) is 0.941. The van der Waals surface area contributed by atoms with Crippen molar-refractivity contribution in [3.8, 4) is 0 Å². The molecule has 2 N–H and O–H groups in total. The van der Waals surface area contributed by atoms with Crippen LogP contribution in [-0.2, 0) is 11.3 Å². The maximum Gasteiger partial charge on any atom is 0.317 e. The van der Waals surface area contributed by atoms with Crippen molar-refractivity contribution in [3.63, 3.8) is 0 Å². The lowest BCUT2D eigenvalue weighted by molar-refractivity contribution is -0.143. The summed E-state index contributed by atoms with van der Waals surface area (Å²) in [4.78, 5) is 24.5. The topological polar surface area (TPSA) is 69.6 Å². The average Bonchev–Trinajstić information content (AvgIpc) is 2.48. The third-order valence-corrected chi connectivity index (χ3v) is 4.27. The number of amides is 2. The van der Waals surface area contributed by atoms with Gasteiger partial charge in [-0.1, -0.05) is 15.9 Å². The third-order valence-electron chi connectivity index (χ3n) is 3.50. The zero-order valence-corrected chi connectivity index (χ0v) is 12.9. The van der Waals surface area contributed by atoms with E-state index in [1.54, 1.807) is 6.07 Å². The molecule has 0 spiro atoms. The second kappa shape index (κ2) is 6.89. The number of carbonyl (C=O) groups is 2. The second-order valence-corrected chi connectivity index (χ2v) is 5.87. The van der Waals surface area contributed by atoms with Crippen molar-refractivity contribution >= 4 is 27.9 Å². The molecule has 0 bridgehead atoms. The van der Waals surface area contributed by atoms with E-state index in [0.717, 1.165) is 0 Å². The van der Waals surface area contributed by atoms with Gasteiger partial charge in [0.1, 0.15) is 5.82 Å². The number of rotatable bonds is 3. The average molecular weight is 359 g/mol. The molecule has 0 saturated carbocycles. The maximum absolute atomic E-state index is 13.2. The summed E-state index contributed by atoms with van der Waals surface area (Å²) >= 11 is 3.30. The first-order valence-electron chi connectivity index (χ1n) is 6.67. The Hall–Kier alpha value is -1.63. The fraction of sp³-hybridized carbons (Fsp3) is 0.429. The first kappa shape index (κ1) is 15.8. The molecule has 1 aromatic carbocycles. The van der Waals surface area contributed by atoms with Crippen LogP contribution in [-0.4, -0.2) is 35.1 Å². The Balaban J connectivity index is 1.92. The molecule has 7 heteroatoms. The molecule has 1 fully saturated rings. The van der Waals surface area contributed by atoms with Crippen LogP contribution in [0.5, 0.6) is 0 Å². The van der Waals surface area contributed by atoms with E-state index in [2.05, 4.69) is 21.2 Å². The van der Waals surface area contributed by atoms with Gasteiger partial charge >= 0.3 is 12.0 Å². The van der Waals surface area contributed by atoms with Crippen LogP contribution in [0.4, 0.5) is 9.18 Å². The monoisotopic (exact) mass is 358 g/mol. The Morgan fingerprint density at radius 3 is 2.95 bits per heavy atom. The Morgan fingerprint density at radius 1 is 1.48 bits per heavy atom. The highest BCUT2D eigenvalue weighted by molar-refractivity contribution is 9.10. The van der Waals surface area contributed by atoms with Crippen molar-refractivity contribution in [2.24, 2.45) is 5.92 Å². The number of carboxylic acid groups (broad SMARTS) is 1. The van der Waals surface area contributed by atoms with Crippen LogP contribution >= 0.6 is 15.9 Å². The van der Waals surface area contributed by atoms with Crippen LogP contribution in [0.3, 0.4) is 0 Å². The first-order valence-corrected chi connectivity index (χ1v) is 7.46. The molecule has 1 heterocycles. The van der Waals surface area contributed by atoms with Gasteiger partial charge in [-0.25, -0.2) is 9.18 Å². The number of carboxylic acids is 1. The Labute approximate surface area is 130 Å². The van der Waals surface area contributed by atoms with Gasteiger partial charge in [0.05, 0.1) is 5.92 Å². The van der Waals surface area contributed by atoms with Crippen molar-refractivity contribution in [2.45, 2.75) is 19.4 Å². The number of likely N-dealkylation sites (tertiary alicyclic amines) is 1. The van der Waals surface area contributed by atoms with E-state index in [0.29, 0.717) is 29.4 Å². The summed E-state index contributed by atoms with van der Waals surface area (Å²) in [6, 6.07) is 3.94. The van der Waals surface area contributed by atoms with E-state index in [4.69, 9.17) is 5.11 Å². The number of nitrogens with zero attached hydrogens (tertiary/aromatic N) is 1. The molecule has 0 radical (unpaired) electrons. The highest BCUT2D eigenvalue weighted by Gasteiger charge is 2.27. The van der Waals surface area contributed by atoms with Crippen LogP contribution in [0.15, 0.2) is 22.7 Å². The number of piperidine rings is 1. The highest BCUT2D eigenvalue weighted by Crippen LogP contribution is 2.19. The zero-order valence-electron chi connectivity index (χ0n) is 11.3.